The molecule has 0 aromatic carbocycles. The van der Waals surface area contributed by atoms with E-state index in [-0.39, 0.29) is 18.4 Å². The van der Waals surface area contributed by atoms with Crippen LogP contribution in [0.4, 0.5) is 0 Å². The number of nitrogens with one attached hydrogen (secondary N) is 1. The molecule has 1 amide bonds. The van der Waals surface area contributed by atoms with Gasteiger partial charge in [-0.3, -0.25) is 9.78 Å². The summed E-state index contributed by atoms with van der Waals surface area (Å²) in [4.78, 5) is 15.6. The maximum Gasteiger partial charge on any atom is 0.222 e. The molecule has 0 radical (unpaired) electrons. The maximum absolute atomic E-state index is 11.6. The molecule has 3 N–H and O–H groups in total. The van der Waals surface area contributed by atoms with E-state index in [1.807, 2.05) is 13.0 Å². The first-order valence-electron chi connectivity index (χ1n) is 5.56. The molecule has 0 aliphatic heterocycles. The Kier molecular flexibility index (Phi) is 5.59. The van der Waals surface area contributed by atoms with Crippen LogP contribution in [-0.4, -0.2) is 30.6 Å². The van der Waals surface area contributed by atoms with Crippen LogP contribution in [0.1, 0.15) is 17.5 Å². The predicted octanol–water partition coefficient (Wildman–Crippen LogP) is 0.370. The standard InChI is InChI=1S/C12H19N3O2/c1-9-7-14-4-3-10(9)8-15-12(16)5-11(6-13)17-2/h3-4,7,11H,5-6,8,13H2,1-2H3,(H,15,16). The van der Waals surface area contributed by atoms with Gasteiger partial charge in [-0.2, -0.15) is 0 Å². The molecule has 1 heterocycles. The van der Waals surface area contributed by atoms with Crippen LogP contribution in [0.3, 0.4) is 0 Å². The van der Waals surface area contributed by atoms with Gasteiger partial charge in [0.15, 0.2) is 0 Å². The number of carbonyl (C=O) groups is 1. The van der Waals surface area contributed by atoms with Gasteiger partial charge in [-0.05, 0) is 24.1 Å². The Morgan fingerprint density at radius 1 is 1.65 bits per heavy atom. The number of carbonyl (C=O) groups excluding carboxylic acids is 1. The normalized spacial score (nSPS) is 12.2. The van der Waals surface area contributed by atoms with Crippen molar-refractivity contribution in [3.8, 4) is 0 Å². The molecule has 0 bridgehead atoms. The van der Waals surface area contributed by atoms with E-state index >= 15 is 0 Å². The van der Waals surface area contributed by atoms with Crippen molar-refractivity contribution in [1.29, 1.82) is 0 Å². The number of methoxy groups -OCH3 is 1. The summed E-state index contributed by atoms with van der Waals surface area (Å²) in [5.74, 6) is -0.0569. The number of nitrogens with zero attached hydrogens (tertiary/aromatic N) is 1. The van der Waals surface area contributed by atoms with Crippen molar-refractivity contribution in [3.05, 3.63) is 29.6 Å². The molecule has 0 spiro atoms. The summed E-state index contributed by atoms with van der Waals surface area (Å²) in [6, 6.07) is 1.90. The van der Waals surface area contributed by atoms with E-state index < -0.39 is 0 Å². The highest BCUT2D eigenvalue weighted by molar-refractivity contribution is 5.76. The Labute approximate surface area is 101 Å². The molecule has 5 heteroatoms. The average Bonchev–Trinajstić information content (AvgIpc) is 2.35. The molecule has 94 valence electrons. The highest BCUT2D eigenvalue weighted by Crippen LogP contribution is 2.04. The summed E-state index contributed by atoms with van der Waals surface area (Å²) in [7, 11) is 1.55. The second-order valence-corrected chi connectivity index (χ2v) is 3.88. The van der Waals surface area contributed by atoms with Crippen molar-refractivity contribution in [1.82, 2.24) is 10.3 Å². The van der Waals surface area contributed by atoms with Crippen LogP contribution in [0.25, 0.3) is 0 Å². The summed E-state index contributed by atoms with van der Waals surface area (Å²) in [6.45, 7) is 2.82. The molecule has 17 heavy (non-hydrogen) atoms. The van der Waals surface area contributed by atoms with Gasteiger partial charge < -0.3 is 15.8 Å². The topological polar surface area (TPSA) is 77.2 Å². The van der Waals surface area contributed by atoms with E-state index in [0.717, 1.165) is 11.1 Å². The minimum absolute atomic E-state index is 0.0569. The molecule has 0 saturated carbocycles. The van der Waals surface area contributed by atoms with Crippen molar-refractivity contribution in [2.75, 3.05) is 13.7 Å². The lowest BCUT2D eigenvalue weighted by molar-refractivity contribution is -0.123. The average molecular weight is 237 g/mol. The molecule has 1 aromatic rings. The lowest BCUT2D eigenvalue weighted by Gasteiger charge is -2.13. The molecular weight excluding hydrogens is 218 g/mol. The van der Waals surface area contributed by atoms with Gasteiger partial charge in [0.05, 0.1) is 12.5 Å². The number of aryl methyl sites for hydroxylation is 1. The zero-order valence-corrected chi connectivity index (χ0v) is 10.3. The molecule has 1 rings (SSSR count). The van der Waals surface area contributed by atoms with Gasteiger partial charge in [0.25, 0.3) is 0 Å². The van der Waals surface area contributed by atoms with E-state index in [1.165, 1.54) is 0 Å². The first kappa shape index (κ1) is 13.6. The van der Waals surface area contributed by atoms with Crippen LogP contribution >= 0.6 is 0 Å². The zero-order chi connectivity index (χ0) is 12.7. The fraction of sp³-hybridized carbons (Fsp3) is 0.500. The summed E-state index contributed by atoms with van der Waals surface area (Å²) >= 11 is 0. The minimum Gasteiger partial charge on any atom is -0.380 e. The molecule has 1 unspecified atom stereocenters. The number of nitrogens with two attached hydrogens (primary N) is 1. The lowest BCUT2D eigenvalue weighted by Crippen LogP contribution is -2.32. The van der Waals surface area contributed by atoms with E-state index in [1.54, 1.807) is 19.5 Å². The first-order chi connectivity index (χ1) is 8.17. The molecule has 0 fully saturated rings. The Bertz CT molecular complexity index is 365. The van der Waals surface area contributed by atoms with Crippen molar-refractivity contribution in [2.45, 2.75) is 26.0 Å². The quantitative estimate of drug-likeness (QED) is 0.749. The highest BCUT2D eigenvalue weighted by atomic mass is 16.5. The number of hydrogen-bond donors (Lipinski definition) is 2. The smallest absolute Gasteiger partial charge is 0.222 e. The van der Waals surface area contributed by atoms with Gasteiger partial charge in [0, 0.05) is 32.6 Å². The van der Waals surface area contributed by atoms with Gasteiger partial charge in [0.2, 0.25) is 5.91 Å². The second-order valence-electron chi connectivity index (χ2n) is 3.88. The van der Waals surface area contributed by atoms with Gasteiger partial charge in [-0.15, -0.1) is 0 Å². The molecule has 5 nitrogen and oxygen atoms in total. The Balaban J connectivity index is 2.41. The van der Waals surface area contributed by atoms with E-state index in [9.17, 15) is 4.79 Å². The van der Waals surface area contributed by atoms with Crippen LogP contribution in [0.2, 0.25) is 0 Å². The van der Waals surface area contributed by atoms with Crippen LogP contribution in [0.5, 0.6) is 0 Å². The van der Waals surface area contributed by atoms with E-state index in [4.69, 9.17) is 10.5 Å². The number of ether oxygens (including phenoxy) is 1. The highest BCUT2D eigenvalue weighted by Gasteiger charge is 2.11. The van der Waals surface area contributed by atoms with Crippen molar-refractivity contribution in [3.63, 3.8) is 0 Å². The number of hydrogen-bond acceptors (Lipinski definition) is 4. The summed E-state index contributed by atoms with van der Waals surface area (Å²) in [5, 5.41) is 2.84. The van der Waals surface area contributed by atoms with Crippen LogP contribution in [0.15, 0.2) is 18.5 Å². The van der Waals surface area contributed by atoms with Crippen LogP contribution in [0, 0.1) is 6.92 Å². The third-order valence-electron chi connectivity index (χ3n) is 2.62. The van der Waals surface area contributed by atoms with Crippen LogP contribution in [-0.2, 0) is 16.1 Å². The van der Waals surface area contributed by atoms with Crippen molar-refractivity contribution >= 4 is 5.91 Å². The molecule has 0 aliphatic carbocycles. The monoisotopic (exact) mass is 237 g/mol. The fourth-order valence-corrected chi connectivity index (χ4v) is 1.44. The van der Waals surface area contributed by atoms with Gasteiger partial charge >= 0.3 is 0 Å². The van der Waals surface area contributed by atoms with E-state index in [0.29, 0.717) is 13.1 Å². The third kappa shape index (κ3) is 4.50. The third-order valence-corrected chi connectivity index (χ3v) is 2.62. The summed E-state index contributed by atoms with van der Waals surface area (Å²) in [5.41, 5.74) is 7.58. The zero-order valence-electron chi connectivity index (χ0n) is 10.3. The van der Waals surface area contributed by atoms with Crippen molar-refractivity contribution < 1.29 is 9.53 Å². The van der Waals surface area contributed by atoms with E-state index in [2.05, 4.69) is 10.3 Å². The SMILES string of the molecule is COC(CN)CC(=O)NCc1ccncc1C. The molecular formula is C12H19N3O2. The van der Waals surface area contributed by atoms with Gasteiger partial charge in [0.1, 0.15) is 0 Å². The van der Waals surface area contributed by atoms with Gasteiger partial charge in [-0.25, -0.2) is 0 Å². The number of rotatable bonds is 6. The van der Waals surface area contributed by atoms with Crippen LogP contribution < -0.4 is 11.1 Å². The molecule has 1 atom stereocenters. The van der Waals surface area contributed by atoms with Gasteiger partial charge in [-0.1, -0.05) is 0 Å². The Hall–Kier alpha value is -1.46. The summed E-state index contributed by atoms with van der Waals surface area (Å²) < 4.78 is 5.05. The Morgan fingerprint density at radius 3 is 3.00 bits per heavy atom. The lowest BCUT2D eigenvalue weighted by atomic mass is 10.1. The number of pyridine rings is 1. The minimum atomic E-state index is -0.214. The largest absolute Gasteiger partial charge is 0.380 e. The van der Waals surface area contributed by atoms with Crippen molar-refractivity contribution in [2.24, 2.45) is 5.73 Å². The molecule has 0 aliphatic rings. The summed E-state index contributed by atoms with van der Waals surface area (Å²) in [6.07, 6.45) is 3.57. The fourth-order valence-electron chi connectivity index (χ4n) is 1.44. The first-order valence-corrected chi connectivity index (χ1v) is 5.56. The second kappa shape index (κ2) is 6.98. The predicted molar refractivity (Wildman–Crippen MR) is 65.3 cm³/mol. The molecule has 0 saturated heterocycles. The molecule has 1 aromatic heterocycles. The number of aromatic nitrogens is 1. The maximum atomic E-state index is 11.6. The number of amides is 1. The Morgan fingerprint density at radius 2 is 2.41 bits per heavy atom.